The van der Waals surface area contributed by atoms with Crippen molar-refractivity contribution in [2.24, 2.45) is 5.92 Å². The highest BCUT2D eigenvalue weighted by molar-refractivity contribution is 7.99. The number of benzene rings is 5. The maximum atomic E-state index is 13.9. The minimum atomic E-state index is -4.04. The van der Waals surface area contributed by atoms with Crippen LogP contribution in [0.5, 0.6) is 0 Å². The van der Waals surface area contributed by atoms with Crippen molar-refractivity contribution in [1.82, 2.24) is 4.72 Å². The van der Waals surface area contributed by atoms with E-state index in [1.807, 2.05) is 74.5 Å². The van der Waals surface area contributed by atoms with Crippen molar-refractivity contribution in [2.45, 2.75) is 61.2 Å². The fourth-order valence-corrected chi connectivity index (χ4v) is 8.66. The lowest BCUT2D eigenvalue weighted by molar-refractivity contribution is -0.268. The summed E-state index contributed by atoms with van der Waals surface area (Å²) in [5.74, 6) is -1.26. The number of rotatable bonds is 14. The minimum absolute atomic E-state index is 0.0569. The van der Waals surface area contributed by atoms with Crippen molar-refractivity contribution in [1.29, 1.82) is 0 Å². The van der Waals surface area contributed by atoms with E-state index in [1.165, 1.54) is 23.9 Å². The molecule has 5 aromatic rings. The van der Waals surface area contributed by atoms with Crippen molar-refractivity contribution in [3.63, 3.8) is 0 Å². The normalized spacial score (nSPS) is 19.2. The van der Waals surface area contributed by atoms with Gasteiger partial charge in [0.05, 0.1) is 29.3 Å². The third kappa shape index (κ3) is 9.64. The summed E-state index contributed by atoms with van der Waals surface area (Å²) in [5.41, 5.74) is 4.60. The fourth-order valence-electron chi connectivity index (χ4n) is 6.25. The Kier molecular flexibility index (Phi) is 12.6. The van der Waals surface area contributed by atoms with Crippen LogP contribution in [0.2, 0.25) is 0 Å². The zero-order valence-corrected chi connectivity index (χ0v) is 31.4. The molecule has 1 heterocycles. The lowest BCUT2D eigenvalue weighted by atomic mass is 9.91. The molecule has 280 valence electrons. The third-order valence-electron chi connectivity index (χ3n) is 9.30. The lowest BCUT2D eigenvalue weighted by Gasteiger charge is -2.41. The number of ether oxygens (including phenoxy) is 2. The molecule has 0 saturated carbocycles. The van der Waals surface area contributed by atoms with Crippen molar-refractivity contribution in [3.8, 4) is 0 Å². The number of aliphatic hydroxyl groups excluding tert-OH is 1. The third-order valence-corrected chi connectivity index (χ3v) is 11.9. The number of hydrogen-bond donors (Lipinski definition) is 4. The highest BCUT2D eigenvalue weighted by Crippen LogP contribution is 2.43. The number of carboxylic acids is 1. The van der Waals surface area contributed by atoms with E-state index in [1.54, 1.807) is 54.6 Å². The van der Waals surface area contributed by atoms with Gasteiger partial charge >= 0.3 is 5.97 Å². The lowest BCUT2D eigenvalue weighted by Crippen LogP contribution is -2.45. The smallest absolute Gasteiger partial charge is 0.336 e. The molecule has 54 heavy (non-hydrogen) atoms. The fraction of sp³-hybridized carbons (Fsp3) is 0.238. The monoisotopic (exact) mass is 766 g/mol. The summed E-state index contributed by atoms with van der Waals surface area (Å²) in [6.45, 7) is 3.80. The molecule has 0 aliphatic carbocycles. The number of hydrogen-bond acceptors (Lipinski definition) is 8. The maximum Gasteiger partial charge on any atom is 0.336 e. The van der Waals surface area contributed by atoms with Crippen LogP contribution in [0, 0.1) is 12.8 Å². The Bertz CT molecular complexity index is 2160. The standard InChI is InChI=1S/C42H42N2O8S2/c1-27-15-21-34(22-16-27)54(49,50)44-36(23-29-9-4-3-5-10-29)40(46)43-33-12-8-11-32(24-33)42-51-37(26-53-38-14-7-6-13-35(38)41(47)48)28(2)39(52-42)31-19-17-30(25-45)18-20-31/h3-22,24,28,36-37,39,42,44-45H,23,25-26H2,1-2H3,(H,43,46)(H,47,48)/t28-,36+,37+,39+,42+/m0/s1. The van der Waals surface area contributed by atoms with Crippen LogP contribution in [0.1, 0.15) is 57.5 Å². The average molecular weight is 767 g/mol. The predicted molar refractivity (Wildman–Crippen MR) is 208 cm³/mol. The summed E-state index contributed by atoms with van der Waals surface area (Å²) in [4.78, 5) is 26.5. The topological polar surface area (TPSA) is 151 Å². The summed E-state index contributed by atoms with van der Waals surface area (Å²) in [7, 11) is -4.04. The molecular formula is C42H42N2O8S2. The van der Waals surface area contributed by atoms with E-state index in [0.29, 0.717) is 21.9 Å². The van der Waals surface area contributed by atoms with Gasteiger partial charge in [-0.1, -0.05) is 103 Å². The molecule has 0 unspecified atom stereocenters. The number of sulfonamides is 1. The Balaban J connectivity index is 1.25. The molecule has 6 rings (SSSR count). The van der Waals surface area contributed by atoms with Crippen LogP contribution in [-0.2, 0) is 37.3 Å². The Labute approximate surface area is 319 Å². The van der Waals surface area contributed by atoms with Gasteiger partial charge in [-0.15, -0.1) is 11.8 Å². The second-order valence-electron chi connectivity index (χ2n) is 13.2. The number of carbonyl (C=O) groups excluding carboxylic acids is 1. The summed E-state index contributed by atoms with van der Waals surface area (Å²) < 4.78 is 42.7. The van der Waals surface area contributed by atoms with E-state index in [2.05, 4.69) is 10.0 Å². The van der Waals surface area contributed by atoms with Gasteiger partial charge in [-0.3, -0.25) is 4.79 Å². The highest BCUT2D eigenvalue weighted by atomic mass is 32.2. The molecule has 1 fully saturated rings. The summed E-state index contributed by atoms with van der Waals surface area (Å²) >= 11 is 1.40. The molecule has 1 aliphatic heterocycles. The first-order chi connectivity index (χ1) is 26.0. The number of carbonyl (C=O) groups is 2. The predicted octanol–water partition coefficient (Wildman–Crippen LogP) is 7.30. The number of carboxylic acid groups (broad SMARTS) is 1. The van der Waals surface area contributed by atoms with E-state index >= 15 is 0 Å². The van der Waals surface area contributed by atoms with Gasteiger partial charge in [0.1, 0.15) is 6.04 Å². The van der Waals surface area contributed by atoms with Gasteiger partial charge in [0.2, 0.25) is 15.9 Å². The van der Waals surface area contributed by atoms with E-state index < -0.39 is 40.3 Å². The summed E-state index contributed by atoms with van der Waals surface area (Å²) in [5, 5.41) is 22.3. The second-order valence-corrected chi connectivity index (χ2v) is 16.0. The van der Waals surface area contributed by atoms with Gasteiger partial charge in [0, 0.05) is 27.8 Å². The molecule has 5 aromatic carbocycles. The Morgan fingerprint density at radius 3 is 2.22 bits per heavy atom. The van der Waals surface area contributed by atoms with Crippen molar-refractivity contribution >= 4 is 39.3 Å². The van der Waals surface area contributed by atoms with Gasteiger partial charge in [-0.05, 0) is 66.4 Å². The molecule has 4 N–H and O–H groups in total. The van der Waals surface area contributed by atoms with Crippen molar-refractivity contribution in [3.05, 3.63) is 161 Å². The first-order valence-corrected chi connectivity index (χ1v) is 20.0. The number of thioether (sulfide) groups is 1. The molecule has 1 saturated heterocycles. The molecule has 5 atom stereocenters. The van der Waals surface area contributed by atoms with Gasteiger partial charge in [0.15, 0.2) is 6.29 Å². The Hall–Kier alpha value is -4.82. The maximum absolute atomic E-state index is 13.9. The molecule has 1 amide bonds. The molecule has 0 radical (unpaired) electrons. The van der Waals surface area contributed by atoms with E-state index in [9.17, 15) is 28.2 Å². The van der Waals surface area contributed by atoms with Gasteiger partial charge in [-0.2, -0.15) is 4.72 Å². The van der Waals surface area contributed by atoms with E-state index in [0.717, 1.165) is 22.3 Å². The Morgan fingerprint density at radius 1 is 0.815 bits per heavy atom. The quantitative estimate of drug-likeness (QED) is 0.0854. The van der Waals surface area contributed by atoms with Crippen LogP contribution in [0.15, 0.2) is 137 Å². The zero-order valence-electron chi connectivity index (χ0n) is 29.8. The minimum Gasteiger partial charge on any atom is -0.478 e. The van der Waals surface area contributed by atoms with Gasteiger partial charge in [0.25, 0.3) is 0 Å². The van der Waals surface area contributed by atoms with Crippen molar-refractivity contribution < 1.29 is 37.7 Å². The molecule has 12 heteroatoms. The van der Waals surface area contributed by atoms with Crippen LogP contribution >= 0.6 is 11.8 Å². The molecule has 0 bridgehead atoms. The number of amides is 1. The van der Waals surface area contributed by atoms with Crippen molar-refractivity contribution in [2.75, 3.05) is 11.1 Å². The number of aliphatic hydroxyl groups is 1. The number of aromatic carboxylic acids is 1. The molecule has 10 nitrogen and oxygen atoms in total. The zero-order chi connectivity index (χ0) is 38.2. The van der Waals surface area contributed by atoms with Crippen LogP contribution in [0.25, 0.3) is 0 Å². The first-order valence-electron chi connectivity index (χ1n) is 17.5. The van der Waals surface area contributed by atoms with Gasteiger partial charge in [-0.25, -0.2) is 13.2 Å². The van der Waals surface area contributed by atoms with Crippen LogP contribution in [-0.4, -0.2) is 48.4 Å². The Morgan fingerprint density at radius 2 is 1.52 bits per heavy atom. The largest absolute Gasteiger partial charge is 0.478 e. The SMILES string of the molecule is Cc1ccc(S(=O)(=O)N[C@H](Cc2ccccc2)C(=O)Nc2cccc([C@@H]3O[C@H](CSc4ccccc4C(=O)O)[C@H](C)[C@H](c4ccc(CO)cc4)O3)c2)cc1. The molecule has 0 aromatic heterocycles. The highest BCUT2D eigenvalue weighted by Gasteiger charge is 2.39. The second kappa shape index (κ2) is 17.5. The average Bonchev–Trinajstić information content (AvgIpc) is 3.18. The van der Waals surface area contributed by atoms with Gasteiger partial charge < -0.3 is 25.0 Å². The van der Waals surface area contributed by atoms with E-state index in [-0.39, 0.29) is 35.5 Å². The number of aryl methyl sites for hydroxylation is 1. The van der Waals surface area contributed by atoms with E-state index in [4.69, 9.17) is 9.47 Å². The van der Waals surface area contributed by atoms with Crippen LogP contribution in [0.4, 0.5) is 5.69 Å². The summed E-state index contributed by atoms with van der Waals surface area (Å²) in [6, 6.07) is 35.9. The first kappa shape index (κ1) is 38.9. The molecular weight excluding hydrogens is 725 g/mol. The van der Waals surface area contributed by atoms with Crippen LogP contribution in [0.3, 0.4) is 0 Å². The molecule has 0 spiro atoms. The molecule has 1 aliphatic rings. The number of anilines is 1. The van der Waals surface area contributed by atoms with Crippen LogP contribution < -0.4 is 10.0 Å². The summed E-state index contributed by atoms with van der Waals surface area (Å²) in [6.07, 6.45) is -1.53. The number of nitrogens with one attached hydrogen (secondary N) is 2.